The number of hydrogen-bond acceptors (Lipinski definition) is 4. The summed E-state index contributed by atoms with van der Waals surface area (Å²) in [6.07, 6.45) is -5.92. The SMILES string of the molecule is NC(=O)N(c1ccc(Oc2ccc3[nH]c(NC(=O)O)nc3[nH+]2)cc1)c1cc(C(F)(F)F)ccc1Cl. The number of primary amides is 1. The van der Waals surface area contributed by atoms with Crippen LogP contribution >= 0.6 is 11.6 Å². The zero-order valence-electron chi connectivity index (χ0n) is 17.4. The van der Waals surface area contributed by atoms with E-state index in [0.717, 1.165) is 23.1 Å². The second kappa shape index (κ2) is 9.02. The number of fused-ring (bicyclic) bond motifs is 1. The number of urea groups is 1. The Bertz CT molecular complexity index is 1430. The van der Waals surface area contributed by atoms with E-state index in [9.17, 15) is 22.8 Å². The van der Waals surface area contributed by atoms with Crippen LogP contribution in [0.3, 0.4) is 0 Å². The van der Waals surface area contributed by atoms with Crippen molar-refractivity contribution in [2.45, 2.75) is 6.18 Å². The second-order valence-corrected chi connectivity index (χ2v) is 7.44. The Morgan fingerprint density at radius 1 is 1.14 bits per heavy atom. The Balaban J connectivity index is 1.59. The van der Waals surface area contributed by atoms with Gasteiger partial charge in [0.25, 0.3) is 5.88 Å². The molecule has 6 N–H and O–H groups in total. The number of amides is 3. The molecule has 2 heterocycles. The number of rotatable bonds is 5. The molecule has 0 aliphatic rings. The average molecular weight is 508 g/mol. The molecule has 0 aliphatic carbocycles. The van der Waals surface area contributed by atoms with Gasteiger partial charge in [0.2, 0.25) is 0 Å². The van der Waals surface area contributed by atoms with Crippen molar-refractivity contribution < 1.29 is 37.6 Å². The number of benzene rings is 2. The molecule has 2 aromatic carbocycles. The van der Waals surface area contributed by atoms with E-state index in [1.165, 1.54) is 24.3 Å². The van der Waals surface area contributed by atoms with Crippen molar-refractivity contribution in [2.24, 2.45) is 5.73 Å². The molecule has 0 saturated carbocycles. The Kier molecular flexibility index (Phi) is 6.09. The topological polar surface area (TPSA) is 148 Å². The van der Waals surface area contributed by atoms with Crippen molar-refractivity contribution in [3.63, 3.8) is 0 Å². The number of aromatic amines is 2. The fraction of sp³-hybridized carbons (Fsp3) is 0.0476. The van der Waals surface area contributed by atoms with Crippen LogP contribution in [0, 0.1) is 0 Å². The summed E-state index contributed by atoms with van der Waals surface area (Å²) >= 11 is 6.06. The summed E-state index contributed by atoms with van der Waals surface area (Å²) in [4.78, 5) is 33.4. The summed E-state index contributed by atoms with van der Waals surface area (Å²) in [7, 11) is 0. The zero-order chi connectivity index (χ0) is 25.3. The number of carbonyl (C=O) groups excluding carboxylic acids is 1. The van der Waals surface area contributed by atoms with Gasteiger partial charge in [-0.3, -0.25) is 9.88 Å². The summed E-state index contributed by atoms with van der Waals surface area (Å²) in [6, 6.07) is 10.5. The first-order chi connectivity index (χ1) is 16.5. The third-order valence-corrected chi connectivity index (χ3v) is 4.98. The third kappa shape index (κ3) is 5.19. The molecule has 0 aliphatic heterocycles. The maximum atomic E-state index is 13.1. The van der Waals surface area contributed by atoms with E-state index < -0.39 is 23.9 Å². The minimum Gasteiger partial charge on any atom is -0.465 e. The molecule has 10 nitrogen and oxygen atoms in total. The first-order valence-corrected chi connectivity index (χ1v) is 10.1. The quantitative estimate of drug-likeness (QED) is 0.295. The summed E-state index contributed by atoms with van der Waals surface area (Å²) in [5.41, 5.74) is 5.21. The predicted molar refractivity (Wildman–Crippen MR) is 119 cm³/mol. The number of H-pyrrole nitrogens is 2. The molecule has 0 radical (unpaired) electrons. The number of imidazole rings is 1. The lowest BCUT2D eigenvalue weighted by molar-refractivity contribution is -0.361. The van der Waals surface area contributed by atoms with Gasteiger partial charge < -0.3 is 15.6 Å². The molecule has 0 saturated heterocycles. The van der Waals surface area contributed by atoms with Gasteiger partial charge in [-0.2, -0.15) is 13.2 Å². The number of ether oxygens (including phenoxy) is 1. The van der Waals surface area contributed by atoms with Gasteiger partial charge >= 0.3 is 29.9 Å². The lowest BCUT2D eigenvalue weighted by Gasteiger charge is -2.23. The number of carbonyl (C=O) groups is 2. The Labute approximate surface area is 199 Å². The lowest BCUT2D eigenvalue weighted by Crippen LogP contribution is -2.31. The van der Waals surface area contributed by atoms with E-state index in [4.69, 9.17) is 27.2 Å². The van der Waals surface area contributed by atoms with Crippen molar-refractivity contribution in [3.8, 4) is 11.6 Å². The van der Waals surface area contributed by atoms with Crippen LogP contribution in [0.1, 0.15) is 5.56 Å². The number of carboxylic acid groups (broad SMARTS) is 1. The molecular weight excluding hydrogens is 493 g/mol. The summed E-state index contributed by atoms with van der Waals surface area (Å²) < 4.78 is 45.2. The molecule has 4 aromatic rings. The zero-order valence-corrected chi connectivity index (χ0v) is 18.1. The number of pyridine rings is 1. The summed E-state index contributed by atoms with van der Waals surface area (Å²) in [5.74, 6) is 0.583. The third-order valence-electron chi connectivity index (χ3n) is 4.66. The van der Waals surface area contributed by atoms with Crippen molar-refractivity contribution in [2.75, 3.05) is 10.2 Å². The van der Waals surface area contributed by atoms with Crippen LogP contribution in [0.5, 0.6) is 11.6 Å². The molecule has 3 amide bonds. The first kappa shape index (κ1) is 23.6. The van der Waals surface area contributed by atoms with Gasteiger partial charge in [0.05, 0.1) is 22.0 Å². The molecule has 4 rings (SSSR count). The van der Waals surface area contributed by atoms with Gasteiger partial charge in [0.15, 0.2) is 0 Å². The predicted octanol–water partition coefficient (Wildman–Crippen LogP) is 5.15. The largest absolute Gasteiger partial charge is 0.465 e. The Morgan fingerprint density at radius 3 is 2.49 bits per heavy atom. The molecule has 2 aromatic heterocycles. The molecule has 35 heavy (non-hydrogen) atoms. The summed E-state index contributed by atoms with van der Waals surface area (Å²) in [5, 5.41) is 10.8. The molecule has 180 valence electrons. The van der Waals surface area contributed by atoms with E-state index in [2.05, 4.69) is 20.3 Å². The van der Waals surface area contributed by atoms with Gasteiger partial charge in [-0.15, -0.1) is 0 Å². The van der Waals surface area contributed by atoms with Gasteiger partial charge in [-0.05, 0) is 53.5 Å². The standard InChI is InChI=1S/C21H14ClF3N6O4/c22-13-6-1-10(21(23,24)25)9-15(13)31(18(26)32)11-2-4-12(5-3-11)35-16-8-7-14-17(28-16)29-19(27-14)30-20(33)34/h1-9H,(H2,26,32)(H,33,34)(H2,27,28,29,30)/p+1. The Hall–Kier alpha value is -4.52. The van der Waals surface area contributed by atoms with Gasteiger partial charge in [0, 0.05) is 6.07 Å². The fourth-order valence-electron chi connectivity index (χ4n) is 3.18. The van der Waals surface area contributed by atoms with E-state index in [1.54, 1.807) is 12.1 Å². The lowest BCUT2D eigenvalue weighted by atomic mass is 10.1. The maximum Gasteiger partial charge on any atom is 0.416 e. The van der Waals surface area contributed by atoms with Crippen molar-refractivity contribution >= 4 is 52.2 Å². The van der Waals surface area contributed by atoms with Crippen molar-refractivity contribution in [1.82, 2.24) is 9.97 Å². The van der Waals surface area contributed by atoms with E-state index in [1.807, 2.05) is 0 Å². The number of halogens is 4. The normalized spacial score (nSPS) is 11.3. The monoisotopic (exact) mass is 507 g/mol. The van der Waals surface area contributed by atoms with Crippen LogP contribution in [-0.2, 0) is 6.18 Å². The van der Waals surface area contributed by atoms with Crippen LogP contribution < -0.4 is 25.7 Å². The maximum absolute atomic E-state index is 13.1. The van der Waals surface area contributed by atoms with Crippen molar-refractivity contribution in [3.05, 3.63) is 65.2 Å². The minimum absolute atomic E-state index is 0.0186. The number of aromatic nitrogens is 3. The van der Waals surface area contributed by atoms with E-state index in [0.29, 0.717) is 16.9 Å². The number of nitrogens with zero attached hydrogens (tertiary/aromatic N) is 2. The van der Waals surface area contributed by atoms with Gasteiger partial charge in [-0.25, -0.2) is 19.9 Å². The molecular formula is C21H15ClF3N6O4+. The molecule has 0 fully saturated rings. The number of anilines is 3. The number of nitrogens with one attached hydrogen (secondary N) is 3. The van der Waals surface area contributed by atoms with Crippen LogP contribution in [-0.4, -0.2) is 27.2 Å². The second-order valence-electron chi connectivity index (χ2n) is 7.03. The smallest absolute Gasteiger partial charge is 0.416 e. The minimum atomic E-state index is -4.64. The Morgan fingerprint density at radius 2 is 1.86 bits per heavy atom. The average Bonchev–Trinajstić information content (AvgIpc) is 3.16. The highest BCUT2D eigenvalue weighted by molar-refractivity contribution is 6.34. The first-order valence-electron chi connectivity index (χ1n) is 9.67. The highest BCUT2D eigenvalue weighted by Gasteiger charge is 2.32. The number of nitrogens with two attached hydrogens (primary N) is 1. The van der Waals surface area contributed by atoms with Crippen LogP contribution in [0.4, 0.5) is 40.1 Å². The van der Waals surface area contributed by atoms with Crippen LogP contribution in [0.2, 0.25) is 5.02 Å². The molecule has 14 heteroatoms. The van der Waals surface area contributed by atoms with Crippen LogP contribution in [0.25, 0.3) is 11.2 Å². The van der Waals surface area contributed by atoms with Crippen molar-refractivity contribution in [1.29, 1.82) is 0 Å². The van der Waals surface area contributed by atoms with Crippen LogP contribution in [0.15, 0.2) is 54.6 Å². The molecule has 0 spiro atoms. The van der Waals surface area contributed by atoms with Gasteiger partial charge in [-0.1, -0.05) is 11.6 Å². The fourth-order valence-corrected chi connectivity index (χ4v) is 3.38. The van der Waals surface area contributed by atoms with E-state index in [-0.39, 0.29) is 28.2 Å². The summed E-state index contributed by atoms with van der Waals surface area (Å²) in [6.45, 7) is 0. The molecule has 0 atom stereocenters. The molecule has 0 bridgehead atoms. The highest BCUT2D eigenvalue weighted by atomic mass is 35.5. The van der Waals surface area contributed by atoms with E-state index >= 15 is 0 Å². The highest BCUT2D eigenvalue weighted by Crippen LogP contribution is 2.38. The number of alkyl halides is 3. The van der Waals surface area contributed by atoms with Gasteiger partial charge in [0.1, 0.15) is 11.3 Å². The molecule has 0 unspecified atom stereocenters. The number of hydrogen-bond donors (Lipinski definition) is 4.